The lowest BCUT2D eigenvalue weighted by molar-refractivity contribution is -0.122. The van der Waals surface area contributed by atoms with Crippen LogP contribution in [-0.2, 0) is 4.79 Å². The van der Waals surface area contributed by atoms with Crippen LogP contribution in [0.5, 0.6) is 0 Å². The number of primary amides is 1. The van der Waals surface area contributed by atoms with Gasteiger partial charge in [0, 0.05) is 25.2 Å². The summed E-state index contributed by atoms with van der Waals surface area (Å²) in [7, 11) is 0. The third kappa shape index (κ3) is 2.58. The molecule has 0 radical (unpaired) electrons. The number of aromatic carboxylic acids is 1. The fourth-order valence-electron chi connectivity index (χ4n) is 2.12. The van der Waals surface area contributed by atoms with Gasteiger partial charge in [0.25, 0.3) is 0 Å². The number of pyridine rings is 1. The van der Waals surface area contributed by atoms with Crippen LogP contribution in [0, 0.1) is 5.92 Å². The van der Waals surface area contributed by atoms with Crippen molar-refractivity contribution in [3.8, 4) is 0 Å². The van der Waals surface area contributed by atoms with E-state index >= 15 is 0 Å². The molecule has 0 unspecified atom stereocenters. The minimum Gasteiger partial charge on any atom is -0.478 e. The Morgan fingerprint density at radius 2 is 2.06 bits per heavy atom. The molecule has 1 aromatic rings. The van der Waals surface area contributed by atoms with E-state index in [0.29, 0.717) is 31.7 Å². The molecule has 1 saturated heterocycles. The van der Waals surface area contributed by atoms with Crippen LogP contribution in [0.1, 0.15) is 23.2 Å². The number of nitrogens with two attached hydrogens (primary N) is 1. The van der Waals surface area contributed by atoms with Crippen LogP contribution < -0.4 is 10.6 Å². The van der Waals surface area contributed by atoms with Crippen molar-refractivity contribution >= 4 is 17.7 Å². The van der Waals surface area contributed by atoms with E-state index in [9.17, 15) is 9.59 Å². The van der Waals surface area contributed by atoms with E-state index in [1.165, 1.54) is 12.3 Å². The second-order valence-electron chi connectivity index (χ2n) is 4.37. The minimum absolute atomic E-state index is 0.0797. The number of aromatic nitrogens is 1. The molecule has 1 amide bonds. The van der Waals surface area contributed by atoms with E-state index < -0.39 is 5.97 Å². The number of nitrogens with zero attached hydrogens (tertiary/aromatic N) is 2. The highest BCUT2D eigenvalue weighted by Crippen LogP contribution is 2.22. The fraction of sp³-hybridized carbons (Fsp3) is 0.417. The first-order valence-corrected chi connectivity index (χ1v) is 5.81. The zero-order valence-corrected chi connectivity index (χ0v) is 9.87. The Hall–Kier alpha value is -2.11. The molecule has 18 heavy (non-hydrogen) atoms. The second kappa shape index (κ2) is 5.03. The van der Waals surface area contributed by atoms with Gasteiger partial charge in [0.2, 0.25) is 5.91 Å². The monoisotopic (exact) mass is 249 g/mol. The number of rotatable bonds is 3. The summed E-state index contributed by atoms with van der Waals surface area (Å²) < 4.78 is 0. The molecule has 3 N–H and O–H groups in total. The summed E-state index contributed by atoms with van der Waals surface area (Å²) in [6, 6.07) is 3.01. The number of anilines is 1. The highest BCUT2D eigenvalue weighted by Gasteiger charge is 2.24. The van der Waals surface area contributed by atoms with Crippen LogP contribution in [0.25, 0.3) is 0 Å². The fourth-order valence-corrected chi connectivity index (χ4v) is 2.12. The topological polar surface area (TPSA) is 96.5 Å². The van der Waals surface area contributed by atoms with Gasteiger partial charge in [-0.25, -0.2) is 9.78 Å². The molecule has 0 atom stereocenters. The maximum Gasteiger partial charge on any atom is 0.335 e. The molecule has 1 aliphatic heterocycles. The largest absolute Gasteiger partial charge is 0.478 e. The average Bonchev–Trinajstić information content (AvgIpc) is 2.39. The standard InChI is InChI=1S/C12H15N3O3/c13-11(16)8-2-5-15(6-3-8)10-7-9(12(17)18)1-4-14-10/h1,4,7-8H,2-3,5-6H2,(H2,13,16)(H,17,18). The molecule has 1 aromatic heterocycles. The third-order valence-corrected chi connectivity index (χ3v) is 3.21. The van der Waals surface area contributed by atoms with E-state index in [4.69, 9.17) is 10.8 Å². The van der Waals surface area contributed by atoms with Crippen LogP contribution >= 0.6 is 0 Å². The average molecular weight is 249 g/mol. The molecule has 96 valence electrons. The van der Waals surface area contributed by atoms with Crippen molar-refractivity contribution in [3.05, 3.63) is 23.9 Å². The molecule has 2 heterocycles. The van der Waals surface area contributed by atoms with E-state index in [1.54, 1.807) is 6.07 Å². The third-order valence-electron chi connectivity index (χ3n) is 3.21. The number of hydrogen-bond acceptors (Lipinski definition) is 4. The zero-order valence-electron chi connectivity index (χ0n) is 9.87. The predicted molar refractivity (Wildman–Crippen MR) is 65.3 cm³/mol. The SMILES string of the molecule is NC(=O)C1CCN(c2cc(C(=O)O)ccn2)CC1. The Labute approximate surface area is 104 Å². The lowest BCUT2D eigenvalue weighted by Crippen LogP contribution is -2.38. The molecule has 1 aliphatic rings. The first kappa shape index (κ1) is 12.3. The normalized spacial score (nSPS) is 16.6. The van der Waals surface area contributed by atoms with Gasteiger partial charge in [-0.1, -0.05) is 0 Å². The molecule has 2 rings (SSSR count). The van der Waals surface area contributed by atoms with E-state index in [0.717, 1.165) is 0 Å². The van der Waals surface area contributed by atoms with E-state index in [-0.39, 0.29) is 17.4 Å². The molecular formula is C12H15N3O3. The summed E-state index contributed by atoms with van der Waals surface area (Å²) in [6.45, 7) is 1.34. The first-order chi connectivity index (χ1) is 8.58. The highest BCUT2D eigenvalue weighted by atomic mass is 16.4. The van der Waals surface area contributed by atoms with Gasteiger partial charge in [-0.05, 0) is 25.0 Å². The Morgan fingerprint density at radius 1 is 1.39 bits per heavy atom. The quantitative estimate of drug-likeness (QED) is 0.812. The van der Waals surface area contributed by atoms with Gasteiger partial charge in [0.05, 0.1) is 5.56 Å². The van der Waals surface area contributed by atoms with Crippen LogP contribution in [0.2, 0.25) is 0 Å². The number of carboxylic acid groups (broad SMARTS) is 1. The Kier molecular flexibility index (Phi) is 3.45. The van der Waals surface area contributed by atoms with Gasteiger partial charge < -0.3 is 15.7 Å². The summed E-state index contributed by atoms with van der Waals surface area (Å²) in [5.41, 5.74) is 5.48. The van der Waals surface area contributed by atoms with Gasteiger partial charge in [0.1, 0.15) is 5.82 Å². The van der Waals surface area contributed by atoms with Crippen molar-refractivity contribution < 1.29 is 14.7 Å². The Bertz CT molecular complexity index is 467. The summed E-state index contributed by atoms with van der Waals surface area (Å²) in [5, 5.41) is 8.91. The number of amides is 1. The lowest BCUT2D eigenvalue weighted by Gasteiger charge is -2.31. The number of hydrogen-bond donors (Lipinski definition) is 2. The van der Waals surface area contributed by atoms with Crippen molar-refractivity contribution in [2.75, 3.05) is 18.0 Å². The summed E-state index contributed by atoms with van der Waals surface area (Å²) in [4.78, 5) is 28.1. The van der Waals surface area contributed by atoms with Crippen LogP contribution in [0.3, 0.4) is 0 Å². The molecular weight excluding hydrogens is 234 g/mol. The Balaban J connectivity index is 2.07. The van der Waals surface area contributed by atoms with Crippen molar-refractivity contribution in [1.82, 2.24) is 4.98 Å². The van der Waals surface area contributed by atoms with E-state index in [1.807, 2.05) is 4.90 Å². The number of carbonyl (C=O) groups is 2. The molecule has 0 spiro atoms. The van der Waals surface area contributed by atoms with Gasteiger partial charge in [-0.15, -0.1) is 0 Å². The number of carboxylic acids is 1. The van der Waals surface area contributed by atoms with Crippen molar-refractivity contribution in [1.29, 1.82) is 0 Å². The molecule has 0 saturated carbocycles. The van der Waals surface area contributed by atoms with Gasteiger partial charge in [-0.2, -0.15) is 0 Å². The van der Waals surface area contributed by atoms with Crippen LogP contribution in [0.15, 0.2) is 18.3 Å². The second-order valence-corrected chi connectivity index (χ2v) is 4.37. The number of piperidine rings is 1. The lowest BCUT2D eigenvalue weighted by atomic mass is 9.96. The van der Waals surface area contributed by atoms with Crippen LogP contribution in [0.4, 0.5) is 5.82 Å². The molecule has 0 bridgehead atoms. The number of carbonyl (C=O) groups excluding carboxylic acids is 1. The smallest absolute Gasteiger partial charge is 0.335 e. The summed E-state index contributed by atoms with van der Waals surface area (Å²) in [6.07, 6.45) is 2.86. The minimum atomic E-state index is -0.967. The summed E-state index contributed by atoms with van der Waals surface area (Å²) in [5.74, 6) is -0.672. The van der Waals surface area contributed by atoms with E-state index in [2.05, 4.69) is 4.98 Å². The molecule has 6 heteroatoms. The van der Waals surface area contributed by atoms with Gasteiger partial charge in [-0.3, -0.25) is 4.79 Å². The maximum atomic E-state index is 11.1. The highest BCUT2D eigenvalue weighted by molar-refractivity contribution is 5.88. The predicted octanol–water partition coefficient (Wildman–Crippen LogP) is 0.481. The van der Waals surface area contributed by atoms with Gasteiger partial charge in [0.15, 0.2) is 0 Å². The Morgan fingerprint density at radius 3 is 2.61 bits per heavy atom. The van der Waals surface area contributed by atoms with Gasteiger partial charge >= 0.3 is 5.97 Å². The molecule has 6 nitrogen and oxygen atoms in total. The molecule has 0 aromatic carbocycles. The van der Waals surface area contributed by atoms with Crippen molar-refractivity contribution in [2.24, 2.45) is 11.7 Å². The first-order valence-electron chi connectivity index (χ1n) is 5.81. The van der Waals surface area contributed by atoms with Crippen molar-refractivity contribution in [3.63, 3.8) is 0 Å². The molecule has 1 fully saturated rings. The maximum absolute atomic E-state index is 11.1. The van der Waals surface area contributed by atoms with Crippen molar-refractivity contribution in [2.45, 2.75) is 12.8 Å². The summed E-state index contributed by atoms with van der Waals surface area (Å²) >= 11 is 0. The molecule has 0 aliphatic carbocycles. The zero-order chi connectivity index (χ0) is 13.1. The van der Waals surface area contributed by atoms with Crippen LogP contribution in [-0.4, -0.2) is 35.1 Å².